The van der Waals surface area contributed by atoms with E-state index in [-0.39, 0.29) is 17.5 Å². The van der Waals surface area contributed by atoms with Crippen molar-refractivity contribution in [3.63, 3.8) is 0 Å². The van der Waals surface area contributed by atoms with Gasteiger partial charge in [-0.3, -0.25) is 4.79 Å². The maximum atomic E-state index is 12.4. The Morgan fingerprint density at radius 2 is 1.83 bits per heavy atom. The van der Waals surface area contributed by atoms with Crippen molar-refractivity contribution in [2.75, 3.05) is 12.4 Å². The quantitative estimate of drug-likeness (QED) is 0.779. The molecule has 1 unspecified atom stereocenters. The summed E-state index contributed by atoms with van der Waals surface area (Å²) in [5.41, 5.74) is -0.506. The fraction of sp³-hybridized carbons (Fsp3) is 0.417. The van der Waals surface area contributed by atoms with Gasteiger partial charge in [-0.2, -0.15) is 13.2 Å². The monoisotopic (exact) mass is 323 g/mol. The van der Waals surface area contributed by atoms with Gasteiger partial charge in [-0.25, -0.2) is 0 Å². The van der Waals surface area contributed by atoms with Crippen molar-refractivity contribution in [2.45, 2.75) is 19.1 Å². The summed E-state index contributed by atoms with van der Waals surface area (Å²) < 4.78 is 37.1. The summed E-state index contributed by atoms with van der Waals surface area (Å²) in [6, 6.07) is 4.20. The molecule has 0 saturated heterocycles. The summed E-state index contributed by atoms with van der Waals surface area (Å²) in [6.07, 6.45) is -4.38. The van der Waals surface area contributed by atoms with Gasteiger partial charge in [-0.1, -0.05) is 15.9 Å². The second-order valence-corrected chi connectivity index (χ2v) is 4.64. The Kier molecular flexibility index (Phi) is 4.78. The summed E-state index contributed by atoms with van der Waals surface area (Å²) in [7, 11) is 1.62. The Bertz CT molecular complexity index is 416. The van der Waals surface area contributed by atoms with E-state index in [1.807, 2.05) is 6.92 Å². The van der Waals surface area contributed by atoms with Crippen LogP contribution in [0.1, 0.15) is 22.8 Å². The van der Waals surface area contributed by atoms with Crippen LogP contribution >= 0.6 is 15.9 Å². The molecule has 2 nitrogen and oxygen atoms in total. The topological polar surface area (TPSA) is 20.3 Å². The molecule has 0 aliphatic heterocycles. The largest absolute Gasteiger partial charge is 0.416 e. The van der Waals surface area contributed by atoms with Crippen molar-refractivity contribution < 1.29 is 18.0 Å². The highest BCUT2D eigenvalue weighted by molar-refractivity contribution is 9.09. The predicted octanol–water partition coefficient (Wildman–Crippen LogP) is 3.56. The Morgan fingerprint density at radius 3 is 2.22 bits per heavy atom. The Balaban J connectivity index is 2.89. The van der Waals surface area contributed by atoms with Crippen LogP contribution in [0.2, 0.25) is 0 Å². The van der Waals surface area contributed by atoms with Crippen LogP contribution in [-0.4, -0.2) is 29.2 Å². The maximum Gasteiger partial charge on any atom is 0.416 e. The van der Waals surface area contributed by atoms with Gasteiger partial charge in [0.2, 0.25) is 0 Å². The molecular weight excluding hydrogens is 311 g/mol. The van der Waals surface area contributed by atoms with Crippen molar-refractivity contribution in [2.24, 2.45) is 0 Å². The van der Waals surface area contributed by atoms with E-state index in [4.69, 9.17) is 0 Å². The summed E-state index contributed by atoms with van der Waals surface area (Å²) in [4.78, 5) is 13.4. The highest BCUT2D eigenvalue weighted by Crippen LogP contribution is 2.29. The average molecular weight is 324 g/mol. The van der Waals surface area contributed by atoms with E-state index >= 15 is 0 Å². The Morgan fingerprint density at radius 1 is 1.33 bits per heavy atom. The van der Waals surface area contributed by atoms with Gasteiger partial charge in [0.05, 0.1) is 5.56 Å². The minimum Gasteiger partial charge on any atom is -0.338 e. The first kappa shape index (κ1) is 15.0. The van der Waals surface area contributed by atoms with Gasteiger partial charge in [-0.05, 0) is 31.2 Å². The number of alkyl halides is 4. The number of carbonyl (C=O) groups is 1. The van der Waals surface area contributed by atoms with Crippen LogP contribution in [0.3, 0.4) is 0 Å². The summed E-state index contributed by atoms with van der Waals surface area (Å²) in [6.45, 7) is 1.84. The van der Waals surface area contributed by atoms with E-state index in [1.165, 1.54) is 17.0 Å². The third-order valence-corrected chi connectivity index (χ3v) is 3.60. The molecule has 100 valence electrons. The lowest BCUT2D eigenvalue weighted by Gasteiger charge is -2.23. The first-order valence-corrected chi connectivity index (χ1v) is 6.40. The standard InChI is InChI=1S/C12H13BrF3NO/c1-8(7-13)17(2)11(18)9-3-5-10(6-4-9)12(14,15)16/h3-6,8H,7H2,1-2H3. The Hall–Kier alpha value is -1.04. The second-order valence-electron chi connectivity index (χ2n) is 3.99. The van der Waals surface area contributed by atoms with Crippen molar-refractivity contribution in [3.8, 4) is 0 Å². The lowest BCUT2D eigenvalue weighted by Crippen LogP contribution is -2.36. The predicted molar refractivity (Wildman–Crippen MR) is 66.8 cm³/mol. The molecule has 0 saturated carbocycles. The van der Waals surface area contributed by atoms with Crippen LogP contribution in [-0.2, 0) is 6.18 Å². The smallest absolute Gasteiger partial charge is 0.338 e. The molecule has 6 heteroatoms. The molecule has 1 rings (SSSR count). The SMILES string of the molecule is CC(CBr)N(C)C(=O)c1ccc(C(F)(F)F)cc1. The fourth-order valence-electron chi connectivity index (χ4n) is 1.31. The van der Waals surface area contributed by atoms with Crippen molar-refractivity contribution in [1.29, 1.82) is 0 Å². The van der Waals surface area contributed by atoms with Crippen LogP contribution in [0.5, 0.6) is 0 Å². The van der Waals surface area contributed by atoms with Crippen molar-refractivity contribution in [3.05, 3.63) is 35.4 Å². The number of nitrogens with zero attached hydrogens (tertiary/aromatic N) is 1. The van der Waals surface area contributed by atoms with Crippen molar-refractivity contribution >= 4 is 21.8 Å². The molecule has 0 radical (unpaired) electrons. The van der Waals surface area contributed by atoms with Crippen LogP contribution < -0.4 is 0 Å². The molecule has 0 aromatic heterocycles. The van der Waals surface area contributed by atoms with Crippen LogP contribution in [0.25, 0.3) is 0 Å². The van der Waals surface area contributed by atoms with E-state index in [1.54, 1.807) is 7.05 Å². The molecule has 0 aliphatic rings. The molecule has 1 aromatic rings. The minimum atomic E-state index is -4.38. The molecule has 0 bridgehead atoms. The summed E-state index contributed by atoms with van der Waals surface area (Å²) in [5, 5.41) is 0.607. The average Bonchev–Trinajstić information content (AvgIpc) is 2.35. The number of rotatable bonds is 3. The summed E-state index contributed by atoms with van der Waals surface area (Å²) in [5.74, 6) is -0.296. The third-order valence-electron chi connectivity index (χ3n) is 2.66. The zero-order valence-electron chi connectivity index (χ0n) is 9.96. The van der Waals surface area contributed by atoms with Crippen LogP contribution in [0.15, 0.2) is 24.3 Å². The highest BCUT2D eigenvalue weighted by atomic mass is 79.9. The normalized spacial score (nSPS) is 13.2. The highest BCUT2D eigenvalue weighted by Gasteiger charge is 2.30. The number of carbonyl (C=O) groups excluding carboxylic acids is 1. The van der Waals surface area contributed by atoms with Gasteiger partial charge in [0.1, 0.15) is 0 Å². The van der Waals surface area contributed by atoms with E-state index in [2.05, 4.69) is 15.9 Å². The van der Waals surface area contributed by atoms with Gasteiger partial charge in [0, 0.05) is 24.0 Å². The number of halogens is 4. The fourth-order valence-corrected chi connectivity index (χ4v) is 1.74. The number of hydrogen-bond donors (Lipinski definition) is 0. The first-order valence-electron chi connectivity index (χ1n) is 5.27. The first-order chi connectivity index (χ1) is 8.27. The molecule has 0 fully saturated rings. The molecule has 0 N–H and O–H groups in total. The van der Waals surface area contributed by atoms with Gasteiger partial charge < -0.3 is 4.90 Å². The molecular formula is C12H13BrF3NO. The molecule has 1 aromatic carbocycles. The minimum absolute atomic E-state index is 0.0280. The van der Waals surface area contributed by atoms with Gasteiger partial charge in [0.25, 0.3) is 5.91 Å². The molecule has 0 aliphatic carbocycles. The lowest BCUT2D eigenvalue weighted by atomic mass is 10.1. The van der Waals surface area contributed by atoms with Crippen LogP contribution in [0, 0.1) is 0 Å². The van der Waals surface area contributed by atoms with E-state index in [0.717, 1.165) is 12.1 Å². The molecule has 1 atom stereocenters. The zero-order valence-corrected chi connectivity index (χ0v) is 11.5. The maximum absolute atomic E-state index is 12.4. The van der Waals surface area contributed by atoms with E-state index < -0.39 is 11.7 Å². The molecule has 0 spiro atoms. The van der Waals surface area contributed by atoms with Gasteiger partial charge >= 0.3 is 6.18 Å². The number of amides is 1. The van der Waals surface area contributed by atoms with Gasteiger partial charge in [0.15, 0.2) is 0 Å². The second kappa shape index (κ2) is 5.73. The van der Waals surface area contributed by atoms with E-state index in [0.29, 0.717) is 5.33 Å². The van der Waals surface area contributed by atoms with E-state index in [9.17, 15) is 18.0 Å². The summed E-state index contributed by atoms with van der Waals surface area (Å²) >= 11 is 3.25. The molecule has 1 amide bonds. The lowest BCUT2D eigenvalue weighted by molar-refractivity contribution is -0.137. The van der Waals surface area contributed by atoms with Crippen molar-refractivity contribution in [1.82, 2.24) is 4.90 Å². The van der Waals surface area contributed by atoms with Crippen LogP contribution in [0.4, 0.5) is 13.2 Å². The Labute approximate surface area is 112 Å². The third kappa shape index (κ3) is 3.48. The number of benzene rings is 1. The molecule has 0 heterocycles. The zero-order chi connectivity index (χ0) is 13.9. The number of hydrogen-bond acceptors (Lipinski definition) is 1. The molecule has 18 heavy (non-hydrogen) atoms. The van der Waals surface area contributed by atoms with Gasteiger partial charge in [-0.15, -0.1) is 0 Å².